The Morgan fingerprint density at radius 3 is 2.16 bits per heavy atom. The number of hydrogen-bond acceptors (Lipinski definition) is 1. The summed E-state index contributed by atoms with van der Waals surface area (Å²) >= 11 is 0. The van der Waals surface area contributed by atoms with Crippen molar-refractivity contribution in [3.63, 3.8) is 0 Å². The molecule has 0 saturated heterocycles. The average Bonchev–Trinajstić information content (AvgIpc) is 2.34. The van der Waals surface area contributed by atoms with E-state index in [0.29, 0.717) is 0 Å². The second kappa shape index (κ2) is 5.05. The number of aliphatic hydroxyl groups is 1. The van der Waals surface area contributed by atoms with Gasteiger partial charge >= 0.3 is 0 Å². The molecule has 4 heteroatoms. The predicted molar refractivity (Wildman–Crippen MR) is 66.0 cm³/mol. The first-order chi connectivity index (χ1) is 8.90. The van der Waals surface area contributed by atoms with Gasteiger partial charge in [0.1, 0.15) is 17.5 Å². The first-order valence-electron chi connectivity index (χ1n) is 5.81. The van der Waals surface area contributed by atoms with E-state index in [1.807, 2.05) is 0 Å². The second-order valence-electron chi connectivity index (χ2n) is 4.66. The van der Waals surface area contributed by atoms with Crippen LogP contribution in [0, 0.1) is 17.5 Å². The number of halogens is 3. The molecule has 0 aliphatic heterocycles. The van der Waals surface area contributed by atoms with Gasteiger partial charge in [0.25, 0.3) is 0 Å². The maximum atomic E-state index is 13.6. The number of benzene rings is 2. The highest BCUT2D eigenvalue weighted by molar-refractivity contribution is 5.28. The third-order valence-electron chi connectivity index (χ3n) is 3.03. The highest BCUT2D eigenvalue weighted by Crippen LogP contribution is 2.28. The fraction of sp³-hybridized carbons (Fsp3) is 0.200. The molecule has 0 spiro atoms. The van der Waals surface area contributed by atoms with Gasteiger partial charge in [-0.3, -0.25) is 0 Å². The molecule has 0 radical (unpaired) electrons. The molecule has 0 bridgehead atoms. The third kappa shape index (κ3) is 2.96. The van der Waals surface area contributed by atoms with E-state index in [0.717, 1.165) is 18.2 Å². The van der Waals surface area contributed by atoms with Crippen molar-refractivity contribution in [3.8, 4) is 0 Å². The van der Waals surface area contributed by atoms with Crippen molar-refractivity contribution < 1.29 is 18.3 Å². The molecular formula is C15H13F3O. The van der Waals surface area contributed by atoms with Crippen LogP contribution in [-0.4, -0.2) is 5.11 Å². The van der Waals surface area contributed by atoms with E-state index < -0.39 is 23.1 Å². The molecule has 1 unspecified atom stereocenters. The second-order valence-corrected chi connectivity index (χ2v) is 4.66. The Labute approximate surface area is 109 Å². The fourth-order valence-electron chi connectivity index (χ4n) is 1.97. The van der Waals surface area contributed by atoms with Crippen LogP contribution in [0.3, 0.4) is 0 Å². The smallest absolute Gasteiger partial charge is 0.129 e. The van der Waals surface area contributed by atoms with Gasteiger partial charge in [-0.15, -0.1) is 0 Å². The Kier molecular flexibility index (Phi) is 3.62. The molecule has 0 fully saturated rings. The molecule has 2 aromatic carbocycles. The molecule has 100 valence electrons. The molecule has 2 aromatic rings. The summed E-state index contributed by atoms with van der Waals surface area (Å²) in [6, 6.07) is 8.85. The van der Waals surface area contributed by atoms with E-state index in [-0.39, 0.29) is 17.5 Å². The van der Waals surface area contributed by atoms with E-state index in [2.05, 4.69) is 0 Å². The molecule has 19 heavy (non-hydrogen) atoms. The molecule has 0 aromatic heterocycles. The van der Waals surface area contributed by atoms with Crippen molar-refractivity contribution in [1.82, 2.24) is 0 Å². The van der Waals surface area contributed by atoms with Gasteiger partial charge in [0, 0.05) is 12.0 Å². The molecule has 1 atom stereocenters. The van der Waals surface area contributed by atoms with Crippen molar-refractivity contribution in [2.45, 2.75) is 18.9 Å². The monoisotopic (exact) mass is 266 g/mol. The molecular weight excluding hydrogens is 253 g/mol. The molecule has 0 aliphatic carbocycles. The third-order valence-corrected chi connectivity index (χ3v) is 3.03. The van der Waals surface area contributed by atoms with Gasteiger partial charge in [-0.2, -0.15) is 0 Å². The fourth-order valence-corrected chi connectivity index (χ4v) is 1.97. The minimum Gasteiger partial charge on any atom is -0.385 e. The van der Waals surface area contributed by atoms with Crippen LogP contribution in [-0.2, 0) is 12.0 Å². The van der Waals surface area contributed by atoms with E-state index >= 15 is 0 Å². The minimum absolute atomic E-state index is 0.211. The SMILES string of the molecule is CC(O)(Cc1c(F)cccc1F)c1cccc(F)c1. The van der Waals surface area contributed by atoms with Crippen LogP contribution in [0.15, 0.2) is 42.5 Å². The largest absolute Gasteiger partial charge is 0.385 e. The number of rotatable bonds is 3. The highest BCUT2D eigenvalue weighted by atomic mass is 19.1. The Morgan fingerprint density at radius 2 is 1.58 bits per heavy atom. The van der Waals surface area contributed by atoms with Crippen molar-refractivity contribution >= 4 is 0 Å². The lowest BCUT2D eigenvalue weighted by molar-refractivity contribution is 0.0553. The van der Waals surface area contributed by atoms with Crippen molar-refractivity contribution in [3.05, 3.63) is 71.0 Å². The minimum atomic E-state index is -1.55. The van der Waals surface area contributed by atoms with Crippen LogP contribution in [0.4, 0.5) is 13.2 Å². The zero-order valence-electron chi connectivity index (χ0n) is 10.3. The van der Waals surface area contributed by atoms with Crippen LogP contribution in [0.25, 0.3) is 0 Å². The van der Waals surface area contributed by atoms with Crippen LogP contribution in [0.1, 0.15) is 18.1 Å². The van der Waals surface area contributed by atoms with Gasteiger partial charge in [-0.1, -0.05) is 18.2 Å². The number of hydrogen-bond donors (Lipinski definition) is 1. The zero-order valence-corrected chi connectivity index (χ0v) is 10.3. The molecule has 1 N–H and O–H groups in total. The Hall–Kier alpha value is -1.81. The zero-order chi connectivity index (χ0) is 14.0. The van der Waals surface area contributed by atoms with Gasteiger partial charge < -0.3 is 5.11 Å². The summed E-state index contributed by atoms with van der Waals surface area (Å²) in [7, 11) is 0. The van der Waals surface area contributed by atoms with Crippen LogP contribution >= 0.6 is 0 Å². The normalized spacial score (nSPS) is 14.2. The molecule has 0 amide bonds. The molecule has 1 nitrogen and oxygen atoms in total. The van der Waals surface area contributed by atoms with Gasteiger partial charge in [-0.05, 0) is 36.8 Å². The molecule has 0 saturated carbocycles. The summed E-state index contributed by atoms with van der Waals surface area (Å²) in [6.07, 6.45) is -0.269. The summed E-state index contributed by atoms with van der Waals surface area (Å²) in [5.41, 5.74) is -1.49. The summed E-state index contributed by atoms with van der Waals surface area (Å²) in [5, 5.41) is 10.3. The van der Waals surface area contributed by atoms with Crippen LogP contribution in [0.5, 0.6) is 0 Å². The lowest BCUT2D eigenvalue weighted by atomic mass is 9.88. The molecule has 2 rings (SSSR count). The maximum absolute atomic E-state index is 13.6. The lowest BCUT2D eigenvalue weighted by Crippen LogP contribution is -2.25. The summed E-state index contributed by atoms with van der Waals surface area (Å²) in [5.74, 6) is -1.96. The maximum Gasteiger partial charge on any atom is 0.129 e. The quantitative estimate of drug-likeness (QED) is 0.900. The van der Waals surface area contributed by atoms with Gasteiger partial charge in [0.15, 0.2) is 0 Å². The lowest BCUT2D eigenvalue weighted by Gasteiger charge is -2.24. The van der Waals surface area contributed by atoms with Gasteiger partial charge in [0.05, 0.1) is 5.60 Å². The van der Waals surface area contributed by atoms with E-state index in [9.17, 15) is 18.3 Å². The van der Waals surface area contributed by atoms with Crippen molar-refractivity contribution in [2.75, 3.05) is 0 Å². The predicted octanol–water partition coefficient (Wildman–Crippen LogP) is 3.55. The van der Waals surface area contributed by atoms with E-state index in [1.165, 1.54) is 31.2 Å². The van der Waals surface area contributed by atoms with Crippen molar-refractivity contribution in [1.29, 1.82) is 0 Å². The summed E-state index contributed by atoms with van der Waals surface area (Å²) in [4.78, 5) is 0. The van der Waals surface area contributed by atoms with Gasteiger partial charge in [0.2, 0.25) is 0 Å². The highest BCUT2D eigenvalue weighted by Gasteiger charge is 2.27. The van der Waals surface area contributed by atoms with E-state index in [1.54, 1.807) is 0 Å². The molecule has 0 heterocycles. The van der Waals surface area contributed by atoms with Gasteiger partial charge in [-0.25, -0.2) is 13.2 Å². The summed E-state index contributed by atoms with van der Waals surface area (Å²) in [6.45, 7) is 1.40. The van der Waals surface area contributed by atoms with Crippen LogP contribution in [0.2, 0.25) is 0 Å². The summed E-state index contributed by atoms with van der Waals surface area (Å²) < 4.78 is 40.2. The van der Waals surface area contributed by atoms with E-state index in [4.69, 9.17) is 0 Å². The molecule has 0 aliphatic rings. The standard InChI is InChI=1S/C15H13F3O/c1-15(19,10-4-2-5-11(16)8-10)9-12-13(17)6-3-7-14(12)18/h2-8,19H,9H2,1H3. The Balaban J connectivity index is 2.36. The van der Waals surface area contributed by atoms with Crippen molar-refractivity contribution in [2.24, 2.45) is 0 Å². The topological polar surface area (TPSA) is 20.2 Å². The Bertz CT molecular complexity index is 573. The van der Waals surface area contributed by atoms with Crippen LogP contribution < -0.4 is 0 Å². The Morgan fingerprint density at radius 1 is 1.00 bits per heavy atom. The first-order valence-corrected chi connectivity index (χ1v) is 5.81. The average molecular weight is 266 g/mol. The first kappa shape index (κ1) is 13.6.